The summed E-state index contributed by atoms with van der Waals surface area (Å²) in [5.41, 5.74) is 0.468. The molecule has 8 heteroatoms. The molecule has 1 aliphatic heterocycles. The molecule has 1 aromatic carbocycles. The molecular formula is C12H15ClN2O4S. The molecule has 0 saturated carbocycles. The third-order valence-electron chi connectivity index (χ3n) is 3.07. The first kappa shape index (κ1) is 15.1. The number of nitrogens with zero attached hydrogens (tertiary/aromatic N) is 1. The molecule has 0 aromatic heterocycles. The molecule has 1 aromatic rings. The summed E-state index contributed by atoms with van der Waals surface area (Å²) in [6.07, 6.45) is -0.128. The van der Waals surface area contributed by atoms with Crippen molar-refractivity contribution < 1.29 is 17.9 Å². The number of halogens is 1. The molecule has 0 radical (unpaired) electrons. The number of carbonyl (C=O) groups excluding carboxylic acids is 1. The van der Waals surface area contributed by atoms with Gasteiger partial charge < -0.3 is 9.64 Å². The first-order valence-corrected chi connectivity index (χ1v) is 8.06. The van der Waals surface area contributed by atoms with Crippen molar-refractivity contribution in [3.8, 4) is 5.75 Å². The van der Waals surface area contributed by atoms with Crippen LogP contribution in [0.2, 0.25) is 5.02 Å². The van der Waals surface area contributed by atoms with Crippen LogP contribution in [0.1, 0.15) is 13.3 Å². The number of benzene rings is 1. The molecule has 1 fully saturated rings. The van der Waals surface area contributed by atoms with Crippen LogP contribution in [0.25, 0.3) is 0 Å². The third-order valence-corrected chi connectivity index (χ3v) is 4.55. The summed E-state index contributed by atoms with van der Waals surface area (Å²) >= 11 is 5.93. The minimum absolute atomic E-state index is 0.0120. The van der Waals surface area contributed by atoms with Gasteiger partial charge in [0, 0.05) is 18.0 Å². The smallest absolute Gasteiger partial charge is 0.228 e. The van der Waals surface area contributed by atoms with E-state index in [2.05, 4.69) is 0 Å². The number of nitrogens with two attached hydrogens (primary N) is 1. The quantitative estimate of drug-likeness (QED) is 0.901. The predicted octanol–water partition coefficient (Wildman–Crippen LogP) is 1.13. The van der Waals surface area contributed by atoms with E-state index < -0.39 is 15.3 Å². The third kappa shape index (κ3) is 3.05. The van der Waals surface area contributed by atoms with E-state index in [0.717, 1.165) is 0 Å². The van der Waals surface area contributed by atoms with E-state index in [1.165, 1.54) is 4.90 Å². The Morgan fingerprint density at radius 1 is 1.50 bits per heavy atom. The summed E-state index contributed by atoms with van der Waals surface area (Å²) in [6.45, 7) is 2.25. The Balaban J connectivity index is 2.37. The minimum Gasteiger partial charge on any atom is -0.492 e. The van der Waals surface area contributed by atoms with E-state index in [0.29, 0.717) is 23.1 Å². The van der Waals surface area contributed by atoms with Gasteiger partial charge >= 0.3 is 0 Å². The molecule has 0 bridgehead atoms. The molecule has 1 atom stereocenters. The SMILES string of the molecule is CCOc1ccc(Cl)cc1N1CC(S(N)(=O)=O)CC1=O. The summed E-state index contributed by atoms with van der Waals surface area (Å²) in [5.74, 6) is 0.174. The number of anilines is 1. The van der Waals surface area contributed by atoms with Crippen LogP contribution in [-0.4, -0.2) is 32.7 Å². The molecule has 1 amide bonds. The summed E-state index contributed by atoms with van der Waals surface area (Å²) < 4.78 is 28.2. The zero-order valence-electron chi connectivity index (χ0n) is 10.9. The van der Waals surface area contributed by atoms with Crippen LogP contribution in [0.4, 0.5) is 5.69 Å². The summed E-state index contributed by atoms with van der Waals surface area (Å²) in [6, 6.07) is 4.88. The standard InChI is InChI=1S/C12H15ClN2O4S/c1-2-19-11-4-3-8(13)5-10(11)15-7-9(6-12(15)16)20(14,17)18/h3-5,9H,2,6-7H2,1H3,(H2,14,17,18). The summed E-state index contributed by atoms with van der Waals surface area (Å²) in [5, 5.41) is 4.65. The molecule has 6 nitrogen and oxygen atoms in total. The Labute approximate surface area is 122 Å². The van der Waals surface area contributed by atoms with Crippen LogP contribution in [0, 0.1) is 0 Å². The fourth-order valence-electron chi connectivity index (χ4n) is 2.11. The Bertz CT molecular complexity index is 632. The second-order valence-corrected chi connectivity index (χ2v) is 6.75. The highest BCUT2D eigenvalue weighted by Crippen LogP contribution is 2.34. The second kappa shape index (κ2) is 5.59. The Kier molecular flexibility index (Phi) is 4.22. The Hall–Kier alpha value is -1.31. The van der Waals surface area contributed by atoms with Crippen LogP contribution in [0.5, 0.6) is 5.75 Å². The van der Waals surface area contributed by atoms with Crippen molar-refractivity contribution in [2.75, 3.05) is 18.1 Å². The lowest BCUT2D eigenvalue weighted by atomic mass is 10.2. The number of primary sulfonamides is 1. The highest BCUT2D eigenvalue weighted by Gasteiger charge is 2.38. The molecule has 0 spiro atoms. The number of sulfonamides is 1. The normalized spacial score (nSPS) is 19.4. The highest BCUT2D eigenvalue weighted by molar-refractivity contribution is 7.89. The average Bonchev–Trinajstić information content (AvgIpc) is 2.74. The maximum Gasteiger partial charge on any atom is 0.228 e. The maximum absolute atomic E-state index is 12.0. The minimum atomic E-state index is -3.75. The first-order chi connectivity index (χ1) is 9.32. The lowest BCUT2D eigenvalue weighted by Crippen LogP contribution is -2.32. The van der Waals surface area contributed by atoms with Crippen molar-refractivity contribution >= 4 is 33.2 Å². The molecule has 1 heterocycles. The first-order valence-electron chi connectivity index (χ1n) is 6.07. The molecule has 1 aliphatic rings. The van der Waals surface area contributed by atoms with E-state index >= 15 is 0 Å². The van der Waals surface area contributed by atoms with Gasteiger partial charge in [0.15, 0.2) is 0 Å². The molecule has 20 heavy (non-hydrogen) atoms. The van der Waals surface area contributed by atoms with Gasteiger partial charge in [0.1, 0.15) is 11.0 Å². The van der Waals surface area contributed by atoms with Crippen LogP contribution < -0.4 is 14.8 Å². The zero-order chi connectivity index (χ0) is 14.9. The van der Waals surface area contributed by atoms with Gasteiger partial charge in [-0.2, -0.15) is 0 Å². The van der Waals surface area contributed by atoms with Crippen molar-refractivity contribution in [2.45, 2.75) is 18.6 Å². The van der Waals surface area contributed by atoms with Crippen LogP contribution >= 0.6 is 11.6 Å². The average molecular weight is 319 g/mol. The fraction of sp³-hybridized carbons (Fsp3) is 0.417. The largest absolute Gasteiger partial charge is 0.492 e. The fourth-order valence-corrected chi connectivity index (χ4v) is 3.00. The van der Waals surface area contributed by atoms with Gasteiger partial charge in [-0.3, -0.25) is 4.79 Å². The molecule has 1 saturated heterocycles. The Morgan fingerprint density at radius 2 is 2.20 bits per heavy atom. The van der Waals surface area contributed by atoms with Crippen LogP contribution in [0.15, 0.2) is 18.2 Å². The van der Waals surface area contributed by atoms with E-state index in [-0.39, 0.29) is 18.9 Å². The Morgan fingerprint density at radius 3 is 2.75 bits per heavy atom. The lowest BCUT2D eigenvalue weighted by Gasteiger charge is -2.20. The van der Waals surface area contributed by atoms with Gasteiger partial charge in [0.2, 0.25) is 15.9 Å². The van der Waals surface area contributed by atoms with Gasteiger partial charge in [-0.1, -0.05) is 11.6 Å². The highest BCUT2D eigenvalue weighted by atomic mass is 35.5. The van der Waals surface area contributed by atoms with E-state index in [9.17, 15) is 13.2 Å². The topological polar surface area (TPSA) is 89.7 Å². The number of hydrogen-bond donors (Lipinski definition) is 1. The van der Waals surface area contributed by atoms with Crippen LogP contribution in [0.3, 0.4) is 0 Å². The van der Waals surface area contributed by atoms with E-state index in [1.807, 2.05) is 6.92 Å². The van der Waals surface area contributed by atoms with Crippen molar-refractivity contribution in [3.63, 3.8) is 0 Å². The number of hydrogen-bond acceptors (Lipinski definition) is 4. The van der Waals surface area contributed by atoms with Gasteiger partial charge in [-0.25, -0.2) is 13.6 Å². The van der Waals surface area contributed by atoms with Crippen LogP contribution in [-0.2, 0) is 14.8 Å². The van der Waals surface area contributed by atoms with Crippen molar-refractivity contribution in [1.82, 2.24) is 0 Å². The van der Waals surface area contributed by atoms with Crippen molar-refractivity contribution in [3.05, 3.63) is 23.2 Å². The van der Waals surface area contributed by atoms with Gasteiger partial charge in [0.25, 0.3) is 0 Å². The predicted molar refractivity (Wildman–Crippen MR) is 76.5 cm³/mol. The number of amides is 1. The van der Waals surface area contributed by atoms with E-state index in [4.69, 9.17) is 21.5 Å². The molecule has 110 valence electrons. The number of rotatable bonds is 4. The molecule has 1 unspecified atom stereocenters. The number of carbonyl (C=O) groups is 1. The number of ether oxygens (including phenoxy) is 1. The molecule has 2 N–H and O–H groups in total. The van der Waals surface area contributed by atoms with Gasteiger partial charge in [0.05, 0.1) is 12.3 Å². The van der Waals surface area contributed by atoms with Crippen molar-refractivity contribution in [2.24, 2.45) is 5.14 Å². The van der Waals surface area contributed by atoms with Gasteiger partial charge in [-0.15, -0.1) is 0 Å². The molecular weight excluding hydrogens is 304 g/mol. The zero-order valence-corrected chi connectivity index (χ0v) is 12.4. The summed E-state index contributed by atoms with van der Waals surface area (Å²) in [7, 11) is -3.75. The van der Waals surface area contributed by atoms with Crippen molar-refractivity contribution in [1.29, 1.82) is 0 Å². The monoisotopic (exact) mass is 318 g/mol. The summed E-state index contributed by atoms with van der Waals surface area (Å²) in [4.78, 5) is 13.4. The molecule has 2 rings (SSSR count). The maximum atomic E-state index is 12.0. The second-order valence-electron chi connectivity index (χ2n) is 4.46. The molecule has 0 aliphatic carbocycles. The van der Waals surface area contributed by atoms with Gasteiger partial charge in [-0.05, 0) is 25.1 Å². The lowest BCUT2D eigenvalue weighted by molar-refractivity contribution is -0.117. The van der Waals surface area contributed by atoms with E-state index in [1.54, 1.807) is 18.2 Å².